The molecule has 3 aliphatic heterocycles. The molecule has 576 valence electrons. The zero-order valence-corrected chi connectivity index (χ0v) is 65.3. The number of fused-ring (bicyclic) bond motifs is 4. The second kappa shape index (κ2) is 37.5. The number of nitrogens with one attached hydrogen (secondary N) is 4. The van der Waals surface area contributed by atoms with Crippen molar-refractivity contribution < 1.29 is 66.1 Å². The quantitative estimate of drug-likeness (QED) is 0.0122. The van der Waals surface area contributed by atoms with Gasteiger partial charge in [-0.3, -0.25) is 19.2 Å². The molecule has 0 saturated heterocycles. The van der Waals surface area contributed by atoms with Crippen LogP contribution in [0.4, 0.5) is 4.79 Å². The van der Waals surface area contributed by atoms with Crippen LogP contribution in [0, 0.1) is 11.8 Å². The average Bonchev–Trinajstić information content (AvgIpc) is 0.917. The predicted molar refractivity (Wildman–Crippen MR) is 424 cm³/mol. The Bertz CT molecular complexity index is 4360. The van der Waals surface area contributed by atoms with E-state index in [0.29, 0.717) is 18.5 Å². The number of hydrogen-bond donors (Lipinski definition) is 4. The van der Waals surface area contributed by atoms with Crippen LogP contribution in [0.2, 0.25) is 0 Å². The van der Waals surface area contributed by atoms with E-state index in [1.54, 1.807) is 60.6 Å². The fraction of sp³-hybridized carbons (Fsp3) is 0.360. The summed E-state index contributed by atoms with van der Waals surface area (Å²) in [6.45, 7) is 17.0. The Hall–Kier alpha value is -10.9. The molecule has 1 unspecified atom stereocenters. The van der Waals surface area contributed by atoms with Gasteiger partial charge in [0.05, 0.1) is 29.0 Å². The van der Waals surface area contributed by atoms with Gasteiger partial charge in [-0.2, -0.15) is 0 Å². The second-order valence-electron chi connectivity index (χ2n) is 29.0. The first-order valence-corrected chi connectivity index (χ1v) is 38.8. The lowest BCUT2D eigenvalue weighted by atomic mass is 9.84. The van der Waals surface area contributed by atoms with E-state index < -0.39 is 80.3 Å². The molecular weight excluding hydrogens is 1430 g/mol. The van der Waals surface area contributed by atoms with Crippen LogP contribution < -0.4 is 21.3 Å². The largest absolute Gasteiger partial charge is 0.473 e. The van der Waals surface area contributed by atoms with Crippen LogP contribution in [0.3, 0.4) is 0 Å². The SMILES string of the molecule is CC(=O)CC(/C=C/CCSC(c1ccccc1)(c1ccccc1)c1ccccc1)OC(=O)[C@@H](NC(=O)[C@]1(C)COC(c2coc(CNC(=O)OC(C)(C)C)n2)=N1)C(C)C.CC(C)[C@@H]1NC(=O)[C@]2(C)COC(=N2)c2coc(n2)CNC(=O)C[C@@H](/C=C/CCSC(c2ccccc2)(c2ccccc2)c2ccccc2)OC1=O. The van der Waals surface area contributed by atoms with Crippen LogP contribution in [0.5, 0.6) is 0 Å². The summed E-state index contributed by atoms with van der Waals surface area (Å²) < 4.78 is 38.5. The van der Waals surface area contributed by atoms with Crippen molar-refractivity contribution >= 4 is 76.9 Å². The van der Waals surface area contributed by atoms with E-state index in [9.17, 15) is 33.6 Å². The number of hydrogen-bond acceptors (Lipinski definition) is 20. The monoisotopic (exact) mass is 1530 g/mol. The lowest BCUT2D eigenvalue weighted by molar-refractivity contribution is -0.154. The summed E-state index contributed by atoms with van der Waals surface area (Å²) in [6.07, 6.45) is 8.88. The van der Waals surface area contributed by atoms with E-state index in [4.69, 9.17) is 32.5 Å². The molecule has 3 aliphatic rings. The second-order valence-corrected chi connectivity index (χ2v) is 31.6. The minimum absolute atomic E-state index is 0.0116. The van der Waals surface area contributed by atoms with Crippen molar-refractivity contribution in [1.29, 1.82) is 0 Å². The Morgan fingerprint density at radius 3 is 1.62 bits per heavy atom. The molecule has 4 amide bonds. The number of Topliss-reactive ketones (excluding diaryl/α,β-unsaturated/α-hetero) is 1. The van der Waals surface area contributed by atoms with E-state index in [1.807, 2.05) is 85.9 Å². The third kappa shape index (κ3) is 21.1. The summed E-state index contributed by atoms with van der Waals surface area (Å²) in [5.41, 5.74) is 4.21. The number of cyclic esters (lactones) is 1. The van der Waals surface area contributed by atoms with Gasteiger partial charge in [0.1, 0.15) is 61.4 Å². The molecule has 4 N–H and O–H groups in total. The van der Waals surface area contributed by atoms with Crippen molar-refractivity contribution in [1.82, 2.24) is 31.2 Å². The number of nitrogens with zero attached hydrogens (tertiary/aromatic N) is 4. The Morgan fingerprint density at radius 1 is 0.645 bits per heavy atom. The van der Waals surface area contributed by atoms with E-state index in [2.05, 4.69) is 187 Å². The number of ether oxygens (including phenoxy) is 5. The molecule has 0 aliphatic carbocycles. The molecule has 11 rings (SSSR count). The fourth-order valence-corrected chi connectivity index (χ4v) is 15.5. The zero-order valence-electron chi connectivity index (χ0n) is 63.6. The van der Waals surface area contributed by atoms with Crippen LogP contribution in [-0.2, 0) is 75.0 Å². The van der Waals surface area contributed by atoms with Gasteiger partial charge in [0.15, 0.2) is 22.5 Å². The molecule has 6 aromatic carbocycles. The van der Waals surface area contributed by atoms with Crippen molar-refractivity contribution in [2.75, 3.05) is 24.7 Å². The van der Waals surface area contributed by atoms with Gasteiger partial charge in [-0.25, -0.2) is 34.3 Å². The van der Waals surface area contributed by atoms with E-state index in [0.717, 1.165) is 28.2 Å². The number of esters is 2. The first-order valence-electron chi connectivity index (χ1n) is 36.8. The van der Waals surface area contributed by atoms with E-state index in [1.165, 1.54) is 36.1 Å². The number of aliphatic imine (C=N–C) groups is 2. The smallest absolute Gasteiger partial charge is 0.408 e. The molecule has 5 heterocycles. The number of thioether (sulfide) groups is 2. The van der Waals surface area contributed by atoms with Gasteiger partial charge in [-0.15, -0.1) is 23.5 Å². The Morgan fingerprint density at radius 2 is 1.13 bits per heavy atom. The molecule has 24 heteroatoms. The number of carbonyl (C=O) groups excluding carboxylic acids is 7. The number of rotatable bonds is 27. The highest BCUT2D eigenvalue weighted by Gasteiger charge is 2.46. The van der Waals surface area contributed by atoms with Crippen LogP contribution in [0.25, 0.3) is 0 Å². The van der Waals surface area contributed by atoms with Crippen molar-refractivity contribution in [3.63, 3.8) is 0 Å². The highest BCUT2D eigenvalue weighted by Crippen LogP contribution is 2.50. The Labute approximate surface area is 650 Å². The van der Waals surface area contributed by atoms with Crippen molar-refractivity contribution in [2.24, 2.45) is 21.8 Å². The molecule has 110 heavy (non-hydrogen) atoms. The minimum atomic E-state index is -1.39. The number of ketones is 1. The fourth-order valence-electron chi connectivity index (χ4n) is 12.6. The van der Waals surface area contributed by atoms with Gasteiger partial charge in [-0.05, 0) is 123 Å². The zero-order chi connectivity index (χ0) is 78.5. The third-order valence-electron chi connectivity index (χ3n) is 18.2. The molecule has 4 bridgehead atoms. The maximum Gasteiger partial charge on any atom is 0.408 e. The van der Waals surface area contributed by atoms with Gasteiger partial charge in [0.25, 0.3) is 11.8 Å². The maximum absolute atomic E-state index is 13.7. The van der Waals surface area contributed by atoms with E-state index >= 15 is 0 Å². The average molecular weight is 1530 g/mol. The summed E-state index contributed by atoms with van der Waals surface area (Å²) in [5.74, 6) is -1.37. The van der Waals surface area contributed by atoms with Crippen LogP contribution in [0.1, 0.15) is 151 Å². The number of oxazole rings is 2. The Kier molecular flexibility index (Phi) is 27.8. The molecule has 0 saturated carbocycles. The first kappa shape index (κ1) is 81.7. The maximum atomic E-state index is 13.7. The topological polar surface area (TPSA) is 291 Å². The van der Waals surface area contributed by atoms with E-state index in [-0.39, 0.29) is 91.9 Å². The molecule has 0 spiro atoms. The van der Waals surface area contributed by atoms with Gasteiger partial charge in [0, 0.05) is 6.42 Å². The number of aromatic nitrogens is 2. The van der Waals surface area contributed by atoms with Gasteiger partial charge in [0.2, 0.25) is 29.5 Å². The molecule has 22 nitrogen and oxygen atoms in total. The number of carbonyl (C=O) groups is 7. The minimum Gasteiger partial charge on any atom is -0.473 e. The molecule has 0 fully saturated rings. The van der Waals surface area contributed by atoms with Crippen molar-refractivity contribution in [2.45, 2.75) is 158 Å². The molecule has 6 atom stereocenters. The normalized spacial score (nSPS) is 18.8. The Balaban J connectivity index is 0.000000236. The molecular formula is C86H96N8O14S2. The predicted octanol–water partition coefficient (Wildman–Crippen LogP) is 13.9. The molecule has 8 aromatic rings. The lowest BCUT2D eigenvalue weighted by Crippen LogP contribution is -2.53. The van der Waals surface area contributed by atoms with Crippen LogP contribution >= 0.6 is 23.5 Å². The van der Waals surface area contributed by atoms with Crippen LogP contribution in [-0.4, -0.2) is 129 Å². The summed E-state index contributed by atoms with van der Waals surface area (Å²) in [6, 6.07) is 60.7. The summed E-state index contributed by atoms with van der Waals surface area (Å²) in [7, 11) is 0. The van der Waals surface area contributed by atoms with Crippen molar-refractivity contribution in [3.05, 3.63) is 275 Å². The summed E-state index contributed by atoms with van der Waals surface area (Å²) >= 11 is 3.64. The molecule has 0 radical (unpaired) electrons. The van der Waals surface area contributed by atoms with Crippen LogP contribution in [0.15, 0.2) is 238 Å². The van der Waals surface area contributed by atoms with Gasteiger partial charge >= 0.3 is 18.0 Å². The van der Waals surface area contributed by atoms with Gasteiger partial charge in [-0.1, -0.05) is 222 Å². The van der Waals surface area contributed by atoms with Crippen molar-refractivity contribution in [3.8, 4) is 0 Å². The number of allylic oxidation sites excluding steroid dienone is 2. The van der Waals surface area contributed by atoms with Gasteiger partial charge < -0.3 is 53.8 Å². The molecule has 2 aromatic heterocycles. The number of benzene rings is 6. The lowest BCUT2D eigenvalue weighted by Gasteiger charge is -2.35. The third-order valence-corrected chi connectivity index (χ3v) is 21.4. The highest BCUT2D eigenvalue weighted by atomic mass is 32.2. The standard InChI is InChI=1S/C46H54N4O8S.C40H42N4O6S/c1-31(2)39(49-42(53)45(7)30-56-40(50-45)37-29-55-38(48-37)28-47-43(54)58-44(4,5)6)41(52)57-36(27-32(3)51)25-17-18-26-59-46(33-19-11-8-12-20-33,34-21-13-9-14-22-34)35-23-15-10-16-24-35;1-27(2)35-37(46)50-31(23-33(45)41-24-34-42-32(25-48-34)36-44-39(3,26-49-36)38(47)43-35)21-13-14-22-51-40(28-15-7-4-8-16-28,29-17-9-5-10-18-29)30-19-11-6-12-20-30/h8-17,19-25,29,31,36,39H,18,26-28,30H2,1-7H3,(H,47,54)(H,49,53);4-13,15-21,25,27,31,35H,14,22-24,26H2,1-3H3,(H,41,45)(H,43,47)/b25-17+;21-13+/t36?,39-,45-;31-,35+,39+/m01/s1. The first-order chi connectivity index (χ1) is 52.8. The number of amides is 4. The highest BCUT2D eigenvalue weighted by molar-refractivity contribution is 8.00. The number of alkyl carbamates (subject to hydrolysis) is 1. The summed E-state index contributed by atoms with van der Waals surface area (Å²) in [5, 5.41) is 11.0. The summed E-state index contributed by atoms with van der Waals surface area (Å²) in [4.78, 5) is 110.